The lowest BCUT2D eigenvalue weighted by molar-refractivity contribution is -0.125. The van der Waals surface area contributed by atoms with Crippen molar-refractivity contribution in [3.05, 3.63) is 29.8 Å². The monoisotopic (exact) mass is 306 g/mol. The van der Waals surface area contributed by atoms with Crippen LogP contribution in [0.3, 0.4) is 0 Å². The van der Waals surface area contributed by atoms with Crippen LogP contribution in [0.4, 0.5) is 0 Å². The molecule has 2 unspecified atom stereocenters. The van der Waals surface area contributed by atoms with Crippen LogP contribution in [-0.2, 0) is 9.53 Å². The summed E-state index contributed by atoms with van der Waals surface area (Å²) in [6, 6.07) is 7.98. The summed E-state index contributed by atoms with van der Waals surface area (Å²) in [6.45, 7) is 1.43. The third kappa shape index (κ3) is 3.42. The fourth-order valence-corrected chi connectivity index (χ4v) is 4.17. The van der Waals surface area contributed by atoms with Crippen molar-refractivity contribution in [1.29, 1.82) is 0 Å². The average molecular weight is 306 g/mol. The zero-order chi connectivity index (χ0) is 14.7. The molecule has 2 aliphatic heterocycles. The molecule has 2 heterocycles. The number of carbonyl (C=O) groups excluding carboxylic acids is 1. The van der Waals surface area contributed by atoms with Gasteiger partial charge in [-0.15, -0.1) is 11.8 Å². The minimum Gasteiger partial charge on any atom is -0.381 e. The van der Waals surface area contributed by atoms with Gasteiger partial charge >= 0.3 is 0 Å². The summed E-state index contributed by atoms with van der Waals surface area (Å²) >= 11 is 1.86. The van der Waals surface area contributed by atoms with Crippen molar-refractivity contribution in [2.75, 3.05) is 19.0 Å². The number of rotatable bonds is 3. The van der Waals surface area contributed by atoms with Crippen molar-refractivity contribution in [2.24, 2.45) is 11.7 Å². The van der Waals surface area contributed by atoms with Crippen LogP contribution in [-0.4, -0.2) is 30.9 Å². The number of nitrogens with two attached hydrogens (primary N) is 1. The molecule has 21 heavy (non-hydrogen) atoms. The quantitative estimate of drug-likeness (QED) is 0.897. The highest BCUT2D eigenvalue weighted by Crippen LogP contribution is 2.35. The van der Waals surface area contributed by atoms with Gasteiger partial charge in [-0.3, -0.25) is 4.79 Å². The fraction of sp³-hybridized carbons (Fsp3) is 0.562. The van der Waals surface area contributed by atoms with E-state index >= 15 is 0 Å². The van der Waals surface area contributed by atoms with Crippen LogP contribution in [0.2, 0.25) is 0 Å². The average Bonchev–Trinajstić information content (AvgIpc) is 2.55. The molecule has 4 nitrogen and oxygen atoms in total. The molecule has 5 heteroatoms. The molecule has 3 N–H and O–H groups in total. The Hall–Kier alpha value is -1.04. The van der Waals surface area contributed by atoms with E-state index in [1.165, 1.54) is 10.5 Å². The molecule has 2 atom stereocenters. The molecule has 1 fully saturated rings. The van der Waals surface area contributed by atoms with Crippen molar-refractivity contribution >= 4 is 17.7 Å². The van der Waals surface area contributed by atoms with E-state index in [1.54, 1.807) is 0 Å². The number of ether oxygens (including phenoxy) is 1. The van der Waals surface area contributed by atoms with Crippen molar-refractivity contribution in [3.63, 3.8) is 0 Å². The summed E-state index contributed by atoms with van der Waals surface area (Å²) in [5, 5.41) is 3.15. The normalized spacial score (nSPS) is 24.1. The number of amides is 1. The maximum Gasteiger partial charge on any atom is 0.237 e. The van der Waals surface area contributed by atoms with Gasteiger partial charge in [0.25, 0.3) is 0 Å². The topological polar surface area (TPSA) is 64.4 Å². The first kappa shape index (κ1) is 14.9. The lowest BCUT2D eigenvalue weighted by Gasteiger charge is -2.30. The summed E-state index contributed by atoms with van der Waals surface area (Å²) in [6.07, 6.45) is 2.73. The molecule has 0 bridgehead atoms. The number of hydrogen-bond donors (Lipinski definition) is 2. The van der Waals surface area contributed by atoms with Gasteiger partial charge in [0.1, 0.15) is 0 Å². The van der Waals surface area contributed by atoms with Crippen LogP contribution in [0.15, 0.2) is 29.2 Å². The molecule has 3 rings (SSSR count). The Morgan fingerprint density at radius 1 is 1.29 bits per heavy atom. The summed E-state index contributed by atoms with van der Waals surface area (Å²) in [5.41, 5.74) is 7.38. The van der Waals surface area contributed by atoms with E-state index in [4.69, 9.17) is 10.5 Å². The predicted octanol–water partition coefficient (Wildman–Crippen LogP) is 2.09. The number of benzene rings is 1. The minimum atomic E-state index is -0.421. The molecule has 0 radical (unpaired) electrons. The zero-order valence-electron chi connectivity index (χ0n) is 12.1. The van der Waals surface area contributed by atoms with Gasteiger partial charge in [0, 0.05) is 23.9 Å². The first-order valence-corrected chi connectivity index (χ1v) is 8.59. The Morgan fingerprint density at radius 2 is 2.05 bits per heavy atom. The zero-order valence-corrected chi connectivity index (χ0v) is 12.9. The van der Waals surface area contributed by atoms with E-state index in [0.29, 0.717) is 13.2 Å². The molecule has 114 valence electrons. The molecule has 1 aromatic carbocycles. The molecule has 0 aromatic heterocycles. The first-order chi connectivity index (χ1) is 10.3. The van der Waals surface area contributed by atoms with E-state index < -0.39 is 6.04 Å². The van der Waals surface area contributed by atoms with Crippen molar-refractivity contribution in [3.8, 4) is 0 Å². The van der Waals surface area contributed by atoms with Crippen LogP contribution >= 0.6 is 11.8 Å². The van der Waals surface area contributed by atoms with Gasteiger partial charge < -0.3 is 15.8 Å². The highest BCUT2D eigenvalue weighted by atomic mass is 32.2. The smallest absolute Gasteiger partial charge is 0.237 e. The number of nitrogens with one attached hydrogen (secondary N) is 1. The van der Waals surface area contributed by atoms with Gasteiger partial charge in [-0.1, -0.05) is 18.2 Å². The second-order valence-electron chi connectivity index (χ2n) is 5.71. The van der Waals surface area contributed by atoms with Crippen LogP contribution in [0.25, 0.3) is 0 Å². The van der Waals surface area contributed by atoms with E-state index in [2.05, 4.69) is 17.4 Å². The Morgan fingerprint density at radius 3 is 2.86 bits per heavy atom. The summed E-state index contributed by atoms with van der Waals surface area (Å²) < 4.78 is 5.34. The lowest BCUT2D eigenvalue weighted by Crippen LogP contribution is -2.48. The molecule has 0 aliphatic carbocycles. The molecule has 0 saturated carbocycles. The minimum absolute atomic E-state index is 0.0198. The number of carbonyl (C=O) groups is 1. The molecule has 1 aromatic rings. The Labute approximate surface area is 129 Å². The lowest BCUT2D eigenvalue weighted by atomic mass is 9.91. The Balaban J connectivity index is 1.65. The van der Waals surface area contributed by atoms with Crippen molar-refractivity contribution in [1.82, 2.24) is 5.32 Å². The summed E-state index contributed by atoms with van der Waals surface area (Å²) in [7, 11) is 0. The van der Waals surface area contributed by atoms with Gasteiger partial charge in [0.05, 0.1) is 12.1 Å². The van der Waals surface area contributed by atoms with Crippen molar-refractivity contribution in [2.45, 2.75) is 36.2 Å². The predicted molar refractivity (Wildman–Crippen MR) is 84.2 cm³/mol. The van der Waals surface area contributed by atoms with E-state index in [-0.39, 0.29) is 17.9 Å². The van der Waals surface area contributed by atoms with Crippen molar-refractivity contribution < 1.29 is 9.53 Å². The van der Waals surface area contributed by atoms with E-state index in [0.717, 1.165) is 25.0 Å². The summed E-state index contributed by atoms with van der Waals surface area (Å²) in [4.78, 5) is 13.7. The molecular formula is C16H22N2O2S. The van der Waals surface area contributed by atoms with Gasteiger partial charge in [0.15, 0.2) is 0 Å². The largest absolute Gasteiger partial charge is 0.381 e. The second kappa shape index (κ2) is 6.81. The highest BCUT2D eigenvalue weighted by molar-refractivity contribution is 7.99. The third-order valence-corrected chi connectivity index (χ3v) is 5.47. The Kier molecular flexibility index (Phi) is 4.83. The van der Waals surface area contributed by atoms with Crippen LogP contribution in [0.5, 0.6) is 0 Å². The molecule has 1 saturated heterocycles. The van der Waals surface area contributed by atoms with E-state index in [9.17, 15) is 4.79 Å². The number of hydrogen-bond acceptors (Lipinski definition) is 4. The molecule has 1 amide bonds. The van der Waals surface area contributed by atoms with Crippen LogP contribution in [0, 0.1) is 5.92 Å². The van der Waals surface area contributed by atoms with Gasteiger partial charge in [0.2, 0.25) is 5.91 Å². The fourth-order valence-electron chi connectivity index (χ4n) is 3.05. The standard InChI is InChI=1S/C16H22N2O2S/c17-15(11-5-8-20-9-6-11)16(19)18-13-7-10-21-14-4-2-1-3-12(13)14/h1-4,11,13,15H,5-10,17H2,(H,18,19). The van der Waals surface area contributed by atoms with Gasteiger partial charge in [-0.25, -0.2) is 0 Å². The summed E-state index contributed by atoms with van der Waals surface area (Å²) in [5.74, 6) is 1.26. The third-order valence-electron chi connectivity index (χ3n) is 4.35. The number of fused-ring (bicyclic) bond motifs is 1. The van der Waals surface area contributed by atoms with Crippen LogP contribution < -0.4 is 11.1 Å². The number of thioether (sulfide) groups is 1. The molecule has 0 spiro atoms. The Bertz CT molecular complexity index is 503. The SMILES string of the molecule is NC(C(=O)NC1CCSc2ccccc21)C1CCOCC1. The maximum absolute atomic E-state index is 12.4. The second-order valence-corrected chi connectivity index (χ2v) is 6.85. The van der Waals surface area contributed by atoms with Gasteiger partial charge in [-0.05, 0) is 36.8 Å². The van der Waals surface area contributed by atoms with Gasteiger partial charge in [-0.2, -0.15) is 0 Å². The molecule has 2 aliphatic rings. The first-order valence-electron chi connectivity index (χ1n) is 7.61. The van der Waals surface area contributed by atoms with E-state index in [1.807, 2.05) is 23.9 Å². The highest BCUT2D eigenvalue weighted by Gasteiger charge is 2.29. The maximum atomic E-state index is 12.4. The van der Waals surface area contributed by atoms with Crippen LogP contribution in [0.1, 0.15) is 30.9 Å². The molecular weight excluding hydrogens is 284 g/mol.